The Morgan fingerprint density at radius 3 is 2.60 bits per heavy atom. The van der Waals surface area contributed by atoms with Crippen LogP contribution in [0.5, 0.6) is 0 Å². The molecular weight excluding hydrogens is 320 g/mol. The number of rotatable bonds is 6. The molecule has 2 atom stereocenters. The minimum atomic E-state index is -0.884. The monoisotopic (exact) mass is 348 g/mol. The molecule has 1 fully saturated rings. The number of hydrogen-bond acceptors (Lipinski definition) is 3. The number of aryl methyl sites for hydroxylation is 1. The summed E-state index contributed by atoms with van der Waals surface area (Å²) in [4.78, 5) is 36.8. The summed E-state index contributed by atoms with van der Waals surface area (Å²) in [6.45, 7) is 6.41. The maximum absolute atomic E-state index is 12.7. The molecule has 1 aliphatic rings. The lowest BCUT2D eigenvalue weighted by Gasteiger charge is -2.29. The Morgan fingerprint density at radius 2 is 1.96 bits per heavy atom. The molecule has 0 spiro atoms. The number of amides is 1. The van der Waals surface area contributed by atoms with Crippen molar-refractivity contribution in [1.29, 1.82) is 0 Å². The summed E-state index contributed by atoms with van der Waals surface area (Å²) in [5, 5.41) is 12.2. The lowest BCUT2D eigenvalue weighted by Crippen LogP contribution is -2.46. The van der Waals surface area contributed by atoms with E-state index in [1.165, 1.54) is 0 Å². The SMILES string of the molecule is CCCCn1c(C)c(C)cc(C(=O)NC2CCCCC2C(=O)O)c1=O. The van der Waals surface area contributed by atoms with Crippen molar-refractivity contribution in [1.82, 2.24) is 9.88 Å². The predicted molar refractivity (Wildman–Crippen MR) is 95.9 cm³/mol. The average Bonchev–Trinajstić information content (AvgIpc) is 2.58. The summed E-state index contributed by atoms with van der Waals surface area (Å²) in [5.41, 5.74) is 1.57. The molecule has 0 radical (unpaired) electrons. The highest BCUT2D eigenvalue weighted by atomic mass is 16.4. The van der Waals surface area contributed by atoms with E-state index in [9.17, 15) is 19.5 Å². The smallest absolute Gasteiger partial charge is 0.308 e. The van der Waals surface area contributed by atoms with Gasteiger partial charge in [0, 0.05) is 18.3 Å². The molecule has 1 aromatic rings. The number of aliphatic carboxylic acids is 1. The number of nitrogens with one attached hydrogen (secondary N) is 1. The van der Waals surface area contributed by atoms with Crippen LogP contribution < -0.4 is 10.9 Å². The molecular formula is C19H28N2O4. The van der Waals surface area contributed by atoms with Gasteiger partial charge in [-0.1, -0.05) is 26.2 Å². The van der Waals surface area contributed by atoms with Crippen LogP contribution >= 0.6 is 0 Å². The molecule has 0 bridgehead atoms. The summed E-state index contributed by atoms with van der Waals surface area (Å²) in [6.07, 6.45) is 4.78. The maximum Gasteiger partial charge on any atom is 0.308 e. The second-order valence-electron chi connectivity index (χ2n) is 6.95. The number of aromatic nitrogens is 1. The summed E-state index contributed by atoms with van der Waals surface area (Å²) >= 11 is 0. The Morgan fingerprint density at radius 1 is 1.28 bits per heavy atom. The molecule has 1 amide bonds. The molecule has 6 nitrogen and oxygen atoms in total. The number of carbonyl (C=O) groups excluding carboxylic acids is 1. The molecule has 1 saturated carbocycles. The van der Waals surface area contributed by atoms with Crippen molar-refractivity contribution < 1.29 is 14.7 Å². The lowest BCUT2D eigenvalue weighted by molar-refractivity contribution is -0.143. The first-order valence-electron chi connectivity index (χ1n) is 9.11. The minimum Gasteiger partial charge on any atom is -0.481 e. The van der Waals surface area contributed by atoms with E-state index in [4.69, 9.17) is 0 Å². The molecule has 2 unspecified atom stereocenters. The van der Waals surface area contributed by atoms with E-state index in [0.717, 1.165) is 36.9 Å². The van der Waals surface area contributed by atoms with Gasteiger partial charge in [-0.2, -0.15) is 0 Å². The number of carboxylic acid groups (broad SMARTS) is 1. The Labute approximate surface area is 148 Å². The Balaban J connectivity index is 2.28. The molecule has 1 aromatic heterocycles. The summed E-state index contributed by atoms with van der Waals surface area (Å²) < 4.78 is 1.66. The average molecular weight is 348 g/mol. The molecule has 0 aromatic carbocycles. The van der Waals surface area contributed by atoms with Crippen molar-refractivity contribution in [2.24, 2.45) is 5.92 Å². The van der Waals surface area contributed by atoms with Crippen LogP contribution in [0.1, 0.15) is 67.1 Å². The number of unbranched alkanes of at least 4 members (excludes halogenated alkanes) is 1. The van der Waals surface area contributed by atoms with Gasteiger partial charge in [-0.05, 0) is 44.7 Å². The van der Waals surface area contributed by atoms with Gasteiger partial charge in [0.05, 0.1) is 5.92 Å². The van der Waals surface area contributed by atoms with Crippen molar-refractivity contribution in [3.8, 4) is 0 Å². The third-order valence-electron chi connectivity index (χ3n) is 5.19. The fourth-order valence-corrected chi connectivity index (χ4v) is 3.49. The zero-order valence-corrected chi connectivity index (χ0v) is 15.3. The Hall–Kier alpha value is -2.11. The van der Waals surface area contributed by atoms with Crippen molar-refractivity contribution in [3.05, 3.63) is 33.2 Å². The van der Waals surface area contributed by atoms with Crippen LogP contribution in [-0.4, -0.2) is 27.6 Å². The molecule has 0 aliphatic heterocycles. The number of carbonyl (C=O) groups is 2. The van der Waals surface area contributed by atoms with Crippen LogP contribution in [0.15, 0.2) is 10.9 Å². The van der Waals surface area contributed by atoms with E-state index < -0.39 is 23.8 Å². The molecule has 1 aliphatic carbocycles. The third-order valence-corrected chi connectivity index (χ3v) is 5.19. The van der Waals surface area contributed by atoms with E-state index in [1.807, 2.05) is 13.8 Å². The number of hydrogen-bond donors (Lipinski definition) is 2. The number of carboxylic acids is 1. The van der Waals surface area contributed by atoms with Gasteiger partial charge < -0.3 is 15.0 Å². The normalized spacial score (nSPS) is 20.3. The second kappa shape index (κ2) is 8.32. The van der Waals surface area contributed by atoms with Gasteiger partial charge >= 0.3 is 5.97 Å². The van der Waals surface area contributed by atoms with Crippen molar-refractivity contribution in [2.75, 3.05) is 0 Å². The van der Waals surface area contributed by atoms with Crippen molar-refractivity contribution in [2.45, 2.75) is 71.9 Å². The van der Waals surface area contributed by atoms with E-state index in [-0.39, 0.29) is 11.1 Å². The fourth-order valence-electron chi connectivity index (χ4n) is 3.49. The Bertz CT molecular complexity index is 708. The van der Waals surface area contributed by atoms with E-state index in [0.29, 0.717) is 19.4 Å². The highest BCUT2D eigenvalue weighted by Gasteiger charge is 2.32. The first-order valence-corrected chi connectivity index (χ1v) is 9.11. The highest BCUT2D eigenvalue weighted by Crippen LogP contribution is 2.25. The standard InChI is InChI=1S/C19H28N2O4/c1-4-5-10-21-13(3)12(2)11-15(18(21)23)17(22)20-16-9-7-6-8-14(16)19(24)25/h11,14,16H,4-10H2,1-3H3,(H,20,22)(H,24,25). The molecule has 2 N–H and O–H groups in total. The van der Waals surface area contributed by atoms with Gasteiger partial charge in [0.1, 0.15) is 5.56 Å². The summed E-state index contributed by atoms with van der Waals surface area (Å²) in [5.74, 6) is -1.92. The van der Waals surface area contributed by atoms with Crippen molar-refractivity contribution >= 4 is 11.9 Å². The van der Waals surface area contributed by atoms with Gasteiger partial charge in [0.2, 0.25) is 0 Å². The van der Waals surface area contributed by atoms with E-state index >= 15 is 0 Å². The van der Waals surface area contributed by atoms with Crippen LogP contribution in [0.25, 0.3) is 0 Å². The van der Waals surface area contributed by atoms with Gasteiger partial charge in [0.25, 0.3) is 11.5 Å². The van der Waals surface area contributed by atoms with E-state index in [2.05, 4.69) is 12.2 Å². The topological polar surface area (TPSA) is 88.4 Å². The fraction of sp³-hybridized carbons (Fsp3) is 0.632. The Kier molecular flexibility index (Phi) is 6.39. The molecule has 0 saturated heterocycles. The van der Waals surface area contributed by atoms with Gasteiger partial charge in [-0.3, -0.25) is 14.4 Å². The molecule has 6 heteroatoms. The first-order chi connectivity index (χ1) is 11.9. The summed E-state index contributed by atoms with van der Waals surface area (Å²) in [7, 11) is 0. The predicted octanol–water partition coefficient (Wildman–Crippen LogP) is 2.64. The maximum atomic E-state index is 12.7. The van der Waals surface area contributed by atoms with Crippen molar-refractivity contribution in [3.63, 3.8) is 0 Å². The summed E-state index contributed by atoms with van der Waals surface area (Å²) in [6, 6.07) is 1.21. The second-order valence-corrected chi connectivity index (χ2v) is 6.95. The van der Waals surface area contributed by atoms with Crippen LogP contribution in [0.4, 0.5) is 0 Å². The number of pyridine rings is 1. The van der Waals surface area contributed by atoms with Crippen LogP contribution in [0, 0.1) is 19.8 Å². The minimum absolute atomic E-state index is 0.105. The third kappa shape index (κ3) is 4.30. The zero-order valence-electron chi connectivity index (χ0n) is 15.3. The van der Waals surface area contributed by atoms with Crippen LogP contribution in [-0.2, 0) is 11.3 Å². The zero-order chi connectivity index (χ0) is 18.6. The molecule has 138 valence electrons. The van der Waals surface area contributed by atoms with Crippen LogP contribution in [0.3, 0.4) is 0 Å². The molecule has 1 heterocycles. The van der Waals surface area contributed by atoms with Gasteiger partial charge in [-0.25, -0.2) is 0 Å². The van der Waals surface area contributed by atoms with Crippen LogP contribution in [0.2, 0.25) is 0 Å². The highest BCUT2D eigenvalue weighted by molar-refractivity contribution is 5.94. The van der Waals surface area contributed by atoms with Gasteiger partial charge in [-0.15, -0.1) is 0 Å². The number of nitrogens with zero attached hydrogens (tertiary/aromatic N) is 1. The largest absolute Gasteiger partial charge is 0.481 e. The molecule has 25 heavy (non-hydrogen) atoms. The molecule has 2 rings (SSSR count). The quantitative estimate of drug-likeness (QED) is 0.827. The van der Waals surface area contributed by atoms with E-state index in [1.54, 1.807) is 10.6 Å². The van der Waals surface area contributed by atoms with Gasteiger partial charge in [0.15, 0.2) is 0 Å². The lowest BCUT2D eigenvalue weighted by atomic mass is 9.84. The first kappa shape index (κ1) is 19.2.